The van der Waals surface area contributed by atoms with Crippen LogP contribution in [0.1, 0.15) is 19.3 Å². The minimum atomic E-state index is -3.69. The summed E-state index contributed by atoms with van der Waals surface area (Å²) in [7, 11) is -3.69. The maximum atomic E-state index is 11.4. The Morgan fingerprint density at radius 3 is 2.56 bits per heavy atom. The molecule has 6 heteroatoms. The summed E-state index contributed by atoms with van der Waals surface area (Å²) < 4.78 is 22.8. The van der Waals surface area contributed by atoms with Crippen LogP contribution in [0.3, 0.4) is 0 Å². The number of primary sulfonamides is 1. The van der Waals surface area contributed by atoms with Gasteiger partial charge in [0, 0.05) is 25.5 Å². The highest BCUT2D eigenvalue weighted by Crippen LogP contribution is 2.25. The lowest BCUT2D eigenvalue weighted by atomic mass is 10.1. The van der Waals surface area contributed by atoms with Crippen LogP contribution in [0.4, 0.5) is 5.69 Å². The predicted octanol–water partition coefficient (Wildman–Crippen LogP) is 0.719. The van der Waals surface area contributed by atoms with Crippen LogP contribution in [0.25, 0.3) is 0 Å². The summed E-state index contributed by atoms with van der Waals surface area (Å²) in [5.41, 5.74) is 0.678. The summed E-state index contributed by atoms with van der Waals surface area (Å²) in [5, 5.41) is 5.17. The zero-order valence-corrected chi connectivity index (χ0v) is 9.78. The maximum Gasteiger partial charge on any atom is 0.241 e. The monoisotopic (exact) mass is 241 g/mol. The first-order valence-corrected chi connectivity index (χ1v) is 6.85. The lowest BCUT2D eigenvalue weighted by molar-refractivity contribution is 0.570. The van der Waals surface area contributed by atoms with Gasteiger partial charge in [-0.25, -0.2) is 13.6 Å². The van der Waals surface area contributed by atoms with E-state index in [-0.39, 0.29) is 4.90 Å². The molecule has 0 bridgehead atoms. The number of rotatable bonds is 2. The zero-order valence-electron chi connectivity index (χ0n) is 8.96. The van der Waals surface area contributed by atoms with Gasteiger partial charge in [-0.2, -0.15) is 0 Å². The molecular formula is C10H15N3O2S. The summed E-state index contributed by atoms with van der Waals surface area (Å²) in [6, 6.07) is 1.71. The van der Waals surface area contributed by atoms with Crippen molar-refractivity contribution in [1.82, 2.24) is 4.98 Å². The average Bonchev–Trinajstić information content (AvgIpc) is 2.29. The highest BCUT2D eigenvalue weighted by molar-refractivity contribution is 7.89. The fourth-order valence-corrected chi connectivity index (χ4v) is 2.68. The van der Waals surface area contributed by atoms with Gasteiger partial charge in [0.25, 0.3) is 0 Å². The number of pyridine rings is 1. The normalized spacial score (nSPS) is 17.4. The van der Waals surface area contributed by atoms with Crippen molar-refractivity contribution >= 4 is 15.7 Å². The van der Waals surface area contributed by atoms with E-state index in [0.717, 1.165) is 25.9 Å². The van der Waals surface area contributed by atoms with Crippen LogP contribution in [-0.2, 0) is 10.0 Å². The molecule has 0 radical (unpaired) electrons. The van der Waals surface area contributed by atoms with Crippen molar-refractivity contribution in [2.45, 2.75) is 24.2 Å². The van der Waals surface area contributed by atoms with Crippen molar-refractivity contribution in [1.29, 1.82) is 0 Å². The van der Waals surface area contributed by atoms with Crippen LogP contribution in [0, 0.1) is 0 Å². The first-order valence-electron chi connectivity index (χ1n) is 5.31. The molecule has 1 aliphatic heterocycles. The second kappa shape index (κ2) is 4.39. The van der Waals surface area contributed by atoms with Gasteiger partial charge in [-0.15, -0.1) is 0 Å². The minimum Gasteiger partial charge on any atom is -0.370 e. The average molecular weight is 241 g/mol. The molecule has 2 N–H and O–H groups in total. The van der Waals surface area contributed by atoms with Gasteiger partial charge in [0.1, 0.15) is 4.90 Å². The van der Waals surface area contributed by atoms with Crippen LogP contribution >= 0.6 is 0 Å². The molecule has 0 saturated carbocycles. The molecule has 0 atom stereocenters. The van der Waals surface area contributed by atoms with Gasteiger partial charge >= 0.3 is 0 Å². The van der Waals surface area contributed by atoms with Gasteiger partial charge in [0.2, 0.25) is 10.0 Å². The number of piperidine rings is 1. The molecule has 1 fully saturated rings. The number of anilines is 1. The van der Waals surface area contributed by atoms with Crippen LogP contribution in [-0.4, -0.2) is 26.5 Å². The highest BCUT2D eigenvalue weighted by atomic mass is 32.2. The summed E-state index contributed by atoms with van der Waals surface area (Å²) in [6.45, 7) is 1.76. The molecule has 2 heterocycles. The van der Waals surface area contributed by atoms with Crippen molar-refractivity contribution in [3.8, 4) is 0 Å². The van der Waals surface area contributed by atoms with E-state index in [1.807, 2.05) is 0 Å². The second-order valence-electron chi connectivity index (χ2n) is 3.94. The second-order valence-corrected chi connectivity index (χ2v) is 5.47. The molecule has 16 heavy (non-hydrogen) atoms. The molecule has 1 aliphatic rings. The van der Waals surface area contributed by atoms with E-state index in [1.54, 1.807) is 12.3 Å². The summed E-state index contributed by atoms with van der Waals surface area (Å²) in [6.07, 6.45) is 6.29. The van der Waals surface area contributed by atoms with Crippen molar-refractivity contribution in [2.75, 3.05) is 18.0 Å². The third-order valence-corrected chi connectivity index (χ3v) is 3.69. The Bertz CT molecular complexity index is 467. The van der Waals surface area contributed by atoms with Crippen molar-refractivity contribution in [3.05, 3.63) is 18.5 Å². The fraction of sp³-hybridized carbons (Fsp3) is 0.500. The predicted molar refractivity (Wildman–Crippen MR) is 61.7 cm³/mol. The topological polar surface area (TPSA) is 76.3 Å². The molecule has 88 valence electrons. The summed E-state index contributed by atoms with van der Waals surface area (Å²) >= 11 is 0. The molecule has 0 spiro atoms. The van der Waals surface area contributed by atoms with E-state index < -0.39 is 10.0 Å². The van der Waals surface area contributed by atoms with Crippen LogP contribution < -0.4 is 10.0 Å². The SMILES string of the molecule is NS(=O)(=O)c1cnccc1N1CCCCC1. The molecule has 1 aromatic rings. The Labute approximate surface area is 95.3 Å². The van der Waals surface area contributed by atoms with Gasteiger partial charge in [0.05, 0.1) is 5.69 Å². The number of hydrogen-bond acceptors (Lipinski definition) is 4. The largest absolute Gasteiger partial charge is 0.370 e. The third-order valence-electron chi connectivity index (χ3n) is 2.77. The number of aromatic nitrogens is 1. The van der Waals surface area contributed by atoms with Crippen molar-refractivity contribution < 1.29 is 8.42 Å². The lowest BCUT2D eigenvalue weighted by Gasteiger charge is -2.29. The van der Waals surface area contributed by atoms with Gasteiger partial charge in [-0.05, 0) is 25.3 Å². The maximum absolute atomic E-state index is 11.4. The highest BCUT2D eigenvalue weighted by Gasteiger charge is 2.20. The molecule has 1 saturated heterocycles. The third kappa shape index (κ3) is 2.33. The van der Waals surface area contributed by atoms with Gasteiger partial charge in [-0.3, -0.25) is 4.98 Å². The summed E-state index contributed by atoms with van der Waals surface area (Å²) in [4.78, 5) is 6.00. The van der Waals surface area contributed by atoms with E-state index in [4.69, 9.17) is 5.14 Å². The van der Waals surface area contributed by atoms with Gasteiger partial charge in [-0.1, -0.05) is 0 Å². The van der Waals surface area contributed by atoms with E-state index in [0.29, 0.717) is 5.69 Å². The minimum absolute atomic E-state index is 0.122. The molecule has 0 aliphatic carbocycles. The fourth-order valence-electron chi connectivity index (χ4n) is 1.99. The molecule has 1 aromatic heterocycles. The molecule has 0 amide bonds. The van der Waals surface area contributed by atoms with Crippen LogP contribution in [0.2, 0.25) is 0 Å². The smallest absolute Gasteiger partial charge is 0.241 e. The Hall–Kier alpha value is -1.14. The van der Waals surface area contributed by atoms with E-state index in [1.165, 1.54) is 12.6 Å². The van der Waals surface area contributed by atoms with E-state index >= 15 is 0 Å². The number of hydrogen-bond donors (Lipinski definition) is 1. The standard InChI is InChI=1S/C10H15N3O2S/c11-16(14,15)10-8-12-5-4-9(10)13-6-2-1-3-7-13/h4-5,8H,1-3,6-7H2,(H2,11,14,15). The van der Waals surface area contributed by atoms with Crippen molar-refractivity contribution in [3.63, 3.8) is 0 Å². The Morgan fingerprint density at radius 2 is 1.94 bits per heavy atom. The van der Waals surface area contributed by atoms with Gasteiger partial charge < -0.3 is 4.90 Å². The quantitative estimate of drug-likeness (QED) is 0.827. The van der Waals surface area contributed by atoms with E-state index in [2.05, 4.69) is 9.88 Å². The zero-order chi connectivity index (χ0) is 11.6. The van der Waals surface area contributed by atoms with Crippen molar-refractivity contribution in [2.24, 2.45) is 5.14 Å². The first-order chi connectivity index (χ1) is 7.59. The lowest BCUT2D eigenvalue weighted by Crippen LogP contribution is -2.31. The Morgan fingerprint density at radius 1 is 1.25 bits per heavy atom. The Balaban J connectivity index is 2.40. The number of nitrogens with two attached hydrogens (primary N) is 1. The molecule has 2 rings (SSSR count). The van der Waals surface area contributed by atoms with Gasteiger partial charge in [0.15, 0.2) is 0 Å². The summed E-state index contributed by atoms with van der Waals surface area (Å²) in [5.74, 6) is 0. The van der Waals surface area contributed by atoms with Crippen LogP contribution in [0.5, 0.6) is 0 Å². The first kappa shape index (κ1) is 11.3. The molecular weight excluding hydrogens is 226 g/mol. The van der Waals surface area contributed by atoms with E-state index in [9.17, 15) is 8.42 Å². The molecule has 0 aromatic carbocycles. The molecule has 5 nitrogen and oxygen atoms in total. The molecule has 0 unspecified atom stereocenters. The number of nitrogens with zero attached hydrogens (tertiary/aromatic N) is 2. The van der Waals surface area contributed by atoms with Crippen LogP contribution in [0.15, 0.2) is 23.4 Å². The number of sulfonamides is 1. The Kier molecular flexibility index (Phi) is 3.11.